The molecule has 0 aliphatic rings. The van der Waals surface area contributed by atoms with Crippen LogP contribution in [0.3, 0.4) is 0 Å². The molecule has 0 aliphatic carbocycles. The van der Waals surface area contributed by atoms with E-state index < -0.39 is 6.61 Å². The number of rotatable bonds is 9. The molecule has 0 amide bonds. The summed E-state index contributed by atoms with van der Waals surface area (Å²) in [7, 11) is 5.67. The van der Waals surface area contributed by atoms with Gasteiger partial charge in [0.05, 0.1) is 6.61 Å². The molecule has 0 unspecified atom stereocenters. The molecule has 0 saturated heterocycles. The first-order chi connectivity index (χ1) is 12.2. The average Bonchev–Trinajstić information content (AvgIpc) is 2.57. The van der Waals surface area contributed by atoms with Gasteiger partial charge in [-0.1, -0.05) is 12.1 Å². The van der Waals surface area contributed by atoms with Crippen LogP contribution in [0.2, 0.25) is 0 Å². The monoisotopic (exact) mass is 372 g/mol. The van der Waals surface area contributed by atoms with E-state index in [0.29, 0.717) is 30.4 Å². The number of nitrogens with zero attached hydrogens (tertiary/aromatic N) is 2. The number of hydrogen-bond donors (Lipinski definition) is 2. The van der Waals surface area contributed by atoms with E-state index in [9.17, 15) is 8.78 Å². The fourth-order valence-corrected chi connectivity index (χ4v) is 2.05. The van der Waals surface area contributed by atoms with Gasteiger partial charge in [0.25, 0.3) is 0 Å². The summed E-state index contributed by atoms with van der Waals surface area (Å²) in [6, 6.07) is 5.06. The number of para-hydroxylation sites is 1. The number of benzene rings is 1. The van der Waals surface area contributed by atoms with E-state index in [1.165, 1.54) is 0 Å². The summed E-state index contributed by atoms with van der Waals surface area (Å²) in [4.78, 5) is 6.28. The molecule has 0 atom stereocenters. The standard InChI is InChI=1S/C18H30F2N4O2/c1-7-25-14-10-8-9-13(15(14)26-16(19)20)11-22-17(21-4)23-12-18(2,3)24(5)6/h8-10,16H,7,11-12H2,1-6H3,(H2,21,22,23). The Labute approximate surface area is 154 Å². The van der Waals surface area contributed by atoms with Crippen molar-refractivity contribution in [1.29, 1.82) is 0 Å². The maximum Gasteiger partial charge on any atom is 0.387 e. The molecule has 148 valence electrons. The van der Waals surface area contributed by atoms with Crippen molar-refractivity contribution in [3.8, 4) is 11.5 Å². The second kappa shape index (κ2) is 10.2. The number of guanidine groups is 1. The number of halogens is 2. The first-order valence-corrected chi connectivity index (χ1v) is 8.52. The summed E-state index contributed by atoms with van der Waals surface area (Å²) in [6.45, 7) is 4.37. The maximum absolute atomic E-state index is 12.8. The smallest absolute Gasteiger partial charge is 0.387 e. The van der Waals surface area contributed by atoms with Crippen LogP contribution in [0.25, 0.3) is 0 Å². The Balaban J connectivity index is 2.82. The maximum atomic E-state index is 12.8. The van der Waals surface area contributed by atoms with Crippen LogP contribution < -0.4 is 20.1 Å². The normalized spacial score (nSPS) is 12.5. The lowest BCUT2D eigenvalue weighted by atomic mass is 10.0. The molecule has 8 heteroatoms. The molecule has 1 rings (SSSR count). The van der Waals surface area contributed by atoms with Crippen LogP contribution in [0.1, 0.15) is 26.3 Å². The number of alkyl halides is 2. The summed E-state index contributed by atoms with van der Waals surface area (Å²) in [5.41, 5.74) is 0.488. The molecule has 2 N–H and O–H groups in total. The number of nitrogens with one attached hydrogen (secondary N) is 2. The third-order valence-electron chi connectivity index (χ3n) is 4.14. The molecule has 1 aromatic rings. The highest BCUT2D eigenvalue weighted by atomic mass is 19.3. The lowest BCUT2D eigenvalue weighted by molar-refractivity contribution is -0.0520. The van der Waals surface area contributed by atoms with Gasteiger partial charge in [0, 0.05) is 31.2 Å². The van der Waals surface area contributed by atoms with E-state index >= 15 is 0 Å². The Bertz CT molecular complexity index is 593. The minimum absolute atomic E-state index is 0.0425. The minimum atomic E-state index is -2.92. The molecule has 6 nitrogen and oxygen atoms in total. The third kappa shape index (κ3) is 6.67. The van der Waals surface area contributed by atoms with E-state index in [1.54, 1.807) is 32.2 Å². The molecule has 26 heavy (non-hydrogen) atoms. The molecule has 0 saturated carbocycles. The first-order valence-electron chi connectivity index (χ1n) is 8.52. The number of likely N-dealkylation sites (N-methyl/N-ethyl adjacent to an activating group) is 1. The van der Waals surface area contributed by atoms with Gasteiger partial charge >= 0.3 is 6.61 Å². The van der Waals surface area contributed by atoms with Crippen LogP contribution in [0.5, 0.6) is 11.5 Å². The van der Waals surface area contributed by atoms with Gasteiger partial charge in [-0.2, -0.15) is 8.78 Å². The van der Waals surface area contributed by atoms with Gasteiger partial charge < -0.3 is 25.0 Å². The van der Waals surface area contributed by atoms with Crippen LogP contribution in [-0.4, -0.2) is 57.3 Å². The SMILES string of the molecule is CCOc1cccc(CNC(=NC)NCC(C)(C)N(C)C)c1OC(F)F. The third-order valence-corrected chi connectivity index (χ3v) is 4.14. The van der Waals surface area contributed by atoms with Crippen LogP contribution in [0, 0.1) is 0 Å². The summed E-state index contributed by atoms with van der Waals surface area (Å²) in [6.07, 6.45) is 0. The van der Waals surface area contributed by atoms with Gasteiger partial charge in [0.15, 0.2) is 17.5 Å². The van der Waals surface area contributed by atoms with Crippen molar-refractivity contribution in [1.82, 2.24) is 15.5 Å². The predicted molar refractivity (Wildman–Crippen MR) is 100 cm³/mol. The Hall–Kier alpha value is -2.09. The lowest BCUT2D eigenvalue weighted by Gasteiger charge is -2.33. The molecule has 0 spiro atoms. The van der Waals surface area contributed by atoms with Crippen molar-refractivity contribution in [2.45, 2.75) is 39.5 Å². The summed E-state index contributed by atoms with van der Waals surface area (Å²) >= 11 is 0. The van der Waals surface area contributed by atoms with Gasteiger partial charge in [-0.15, -0.1) is 0 Å². The molecular weight excluding hydrogens is 342 g/mol. The van der Waals surface area contributed by atoms with Gasteiger partial charge in [0.1, 0.15) is 0 Å². The predicted octanol–water partition coefficient (Wildman–Crippen LogP) is 2.69. The Morgan fingerprint density at radius 3 is 2.50 bits per heavy atom. The molecule has 1 aromatic carbocycles. The number of hydrogen-bond acceptors (Lipinski definition) is 4. The van der Waals surface area contributed by atoms with E-state index in [2.05, 4.69) is 39.1 Å². The van der Waals surface area contributed by atoms with E-state index in [4.69, 9.17) is 4.74 Å². The highest BCUT2D eigenvalue weighted by Gasteiger charge is 2.21. The van der Waals surface area contributed by atoms with Gasteiger partial charge in [0.2, 0.25) is 0 Å². The van der Waals surface area contributed by atoms with E-state index in [-0.39, 0.29) is 17.8 Å². The zero-order chi connectivity index (χ0) is 19.7. The van der Waals surface area contributed by atoms with Crippen LogP contribution in [0.15, 0.2) is 23.2 Å². The average molecular weight is 372 g/mol. The molecular formula is C18H30F2N4O2. The van der Waals surface area contributed by atoms with Crippen molar-refractivity contribution < 1.29 is 18.3 Å². The molecule has 0 aromatic heterocycles. The summed E-state index contributed by atoms with van der Waals surface area (Å²) < 4.78 is 35.6. The van der Waals surface area contributed by atoms with Crippen molar-refractivity contribution in [3.05, 3.63) is 23.8 Å². The quantitative estimate of drug-likeness (QED) is 0.516. The fraction of sp³-hybridized carbons (Fsp3) is 0.611. The van der Waals surface area contributed by atoms with Crippen molar-refractivity contribution >= 4 is 5.96 Å². The molecule has 0 bridgehead atoms. The lowest BCUT2D eigenvalue weighted by Crippen LogP contribution is -2.50. The Kier molecular flexibility index (Phi) is 8.57. The highest BCUT2D eigenvalue weighted by molar-refractivity contribution is 5.79. The number of aliphatic imine (C=N–C) groups is 1. The first kappa shape index (κ1) is 22.0. The molecule has 0 heterocycles. The fourth-order valence-electron chi connectivity index (χ4n) is 2.05. The van der Waals surface area contributed by atoms with Gasteiger partial charge in [-0.3, -0.25) is 4.99 Å². The van der Waals surface area contributed by atoms with Gasteiger partial charge in [-0.25, -0.2) is 0 Å². The van der Waals surface area contributed by atoms with E-state index in [0.717, 1.165) is 0 Å². The zero-order valence-corrected chi connectivity index (χ0v) is 16.4. The van der Waals surface area contributed by atoms with Crippen molar-refractivity contribution in [2.75, 3.05) is 34.3 Å². The topological polar surface area (TPSA) is 58.1 Å². The van der Waals surface area contributed by atoms with Crippen LogP contribution in [-0.2, 0) is 6.54 Å². The Morgan fingerprint density at radius 2 is 1.96 bits per heavy atom. The molecule has 0 radical (unpaired) electrons. The second-order valence-electron chi connectivity index (χ2n) is 6.54. The van der Waals surface area contributed by atoms with Crippen molar-refractivity contribution in [3.63, 3.8) is 0 Å². The second-order valence-corrected chi connectivity index (χ2v) is 6.54. The Morgan fingerprint density at radius 1 is 1.27 bits per heavy atom. The summed E-state index contributed by atoms with van der Waals surface area (Å²) in [5.74, 6) is 0.912. The van der Waals surface area contributed by atoms with Crippen LogP contribution in [0.4, 0.5) is 8.78 Å². The largest absolute Gasteiger partial charge is 0.490 e. The summed E-state index contributed by atoms with van der Waals surface area (Å²) in [5, 5.41) is 6.36. The number of ether oxygens (including phenoxy) is 2. The van der Waals surface area contributed by atoms with Crippen molar-refractivity contribution in [2.24, 2.45) is 4.99 Å². The van der Waals surface area contributed by atoms with E-state index in [1.807, 2.05) is 14.1 Å². The molecule has 0 aliphatic heterocycles. The molecule has 0 fully saturated rings. The minimum Gasteiger partial charge on any atom is -0.490 e. The van der Waals surface area contributed by atoms with Crippen LogP contribution >= 0.6 is 0 Å². The highest BCUT2D eigenvalue weighted by Crippen LogP contribution is 2.32. The zero-order valence-electron chi connectivity index (χ0n) is 16.4. The van der Waals surface area contributed by atoms with Gasteiger partial charge in [-0.05, 0) is 40.9 Å².